The number of anilines is 1. The molecule has 0 bridgehead atoms. The summed E-state index contributed by atoms with van der Waals surface area (Å²) in [5.41, 5.74) is 2.49. The van der Waals surface area contributed by atoms with Gasteiger partial charge in [-0.05, 0) is 6.92 Å². The summed E-state index contributed by atoms with van der Waals surface area (Å²) in [5.74, 6) is -0.0380. The number of rotatable bonds is 3. The monoisotopic (exact) mass is 286 g/mol. The second-order valence-corrected chi connectivity index (χ2v) is 4.61. The number of carbonyl (C=O) groups excluding carboxylic acids is 1. The highest BCUT2D eigenvalue weighted by molar-refractivity contribution is 6.05. The number of ether oxygens (including phenoxy) is 1. The molecule has 0 saturated carbocycles. The number of nitrogens with one attached hydrogen (secondary N) is 1. The van der Waals surface area contributed by atoms with Crippen LogP contribution in [0, 0.1) is 6.92 Å². The van der Waals surface area contributed by atoms with E-state index in [2.05, 4.69) is 20.5 Å². The number of aromatic nitrogens is 5. The van der Waals surface area contributed by atoms with E-state index in [4.69, 9.17) is 4.74 Å². The molecule has 0 unspecified atom stereocenters. The summed E-state index contributed by atoms with van der Waals surface area (Å²) < 4.78 is 8.21. The molecule has 108 valence electrons. The molecule has 8 heteroatoms. The molecule has 0 atom stereocenters. The van der Waals surface area contributed by atoms with Gasteiger partial charge in [0.25, 0.3) is 5.91 Å². The van der Waals surface area contributed by atoms with Gasteiger partial charge in [0.05, 0.1) is 30.9 Å². The Morgan fingerprint density at radius 2 is 2.14 bits per heavy atom. The van der Waals surface area contributed by atoms with Gasteiger partial charge in [0, 0.05) is 19.3 Å². The lowest BCUT2D eigenvalue weighted by Crippen LogP contribution is -2.13. The molecule has 0 aromatic carbocycles. The standard InChI is InChI=1S/C13H14N6O2/c1-8-4-11-14-5-9(6-19(11)16-8)15-12(20)10-7-18(2)17-13(10)21-3/h4-7H,1-3H3,(H,15,20). The number of hydrogen-bond acceptors (Lipinski definition) is 5. The van der Waals surface area contributed by atoms with Gasteiger partial charge in [0.1, 0.15) is 5.56 Å². The van der Waals surface area contributed by atoms with E-state index in [1.165, 1.54) is 11.8 Å². The van der Waals surface area contributed by atoms with Crippen molar-refractivity contribution in [2.75, 3.05) is 12.4 Å². The molecule has 3 aromatic rings. The average molecular weight is 286 g/mol. The van der Waals surface area contributed by atoms with Crippen LogP contribution in [-0.2, 0) is 7.05 Å². The lowest BCUT2D eigenvalue weighted by atomic mass is 10.3. The second kappa shape index (κ2) is 4.89. The molecule has 1 N–H and O–H groups in total. The topological polar surface area (TPSA) is 86.3 Å². The predicted octanol–water partition coefficient (Wildman–Crippen LogP) is 1.03. The van der Waals surface area contributed by atoms with Gasteiger partial charge in [0.2, 0.25) is 5.88 Å². The first kappa shape index (κ1) is 13.1. The summed E-state index contributed by atoms with van der Waals surface area (Å²) in [6.45, 7) is 1.88. The first-order chi connectivity index (χ1) is 10.1. The normalized spacial score (nSPS) is 10.8. The first-order valence-corrected chi connectivity index (χ1v) is 6.28. The molecule has 0 aliphatic rings. The van der Waals surface area contributed by atoms with Crippen molar-refractivity contribution in [3.8, 4) is 5.88 Å². The Bertz CT molecular complexity index is 819. The van der Waals surface area contributed by atoms with E-state index in [1.807, 2.05) is 13.0 Å². The van der Waals surface area contributed by atoms with Gasteiger partial charge in [-0.25, -0.2) is 9.50 Å². The van der Waals surface area contributed by atoms with Gasteiger partial charge in [-0.15, -0.1) is 5.10 Å². The zero-order valence-corrected chi connectivity index (χ0v) is 11.9. The van der Waals surface area contributed by atoms with E-state index >= 15 is 0 Å². The molecule has 0 saturated heterocycles. The Balaban J connectivity index is 1.88. The lowest BCUT2D eigenvalue weighted by Gasteiger charge is -2.04. The summed E-state index contributed by atoms with van der Waals surface area (Å²) in [4.78, 5) is 16.5. The molecule has 0 aliphatic carbocycles. The lowest BCUT2D eigenvalue weighted by molar-refractivity contribution is 0.102. The minimum absolute atomic E-state index is 0.277. The van der Waals surface area contributed by atoms with Gasteiger partial charge >= 0.3 is 0 Å². The molecule has 3 heterocycles. The third kappa shape index (κ3) is 2.42. The Hall–Kier alpha value is -2.90. The molecule has 0 spiro atoms. The highest BCUT2D eigenvalue weighted by atomic mass is 16.5. The van der Waals surface area contributed by atoms with E-state index in [0.717, 1.165) is 11.3 Å². The summed E-state index contributed by atoms with van der Waals surface area (Å²) in [6, 6.07) is 1.86. The van der Waals surface area contributed by atoms with E-state index < -0.39 is 0 Å². The van der Waals surface area contributed by atoms with E-state index in [-0.39, 0.29) is 11.8 Å². The Morgan fingerprint density at radius 1 is 1.33 bits per heavy atom. The van der Waals surface area contributed by atoms with Crippen LogP contribution in [0.5, 0.6) is 5.88 Å². The summed E-state index contributed by atoms with van der Waals surface area (Å²) in [6.07, 6.45) is 4.88. The molecule has 21 heavy (non-hydrogen) atoms. The smallest absolute Gasteiger partial charge is 0.262 e. The maximum atomic E-state index is 12.2. The van der Waals surface area contributed by atoms with Gasteiger partial charge < -0.3 is 10.1 Å². The van der Waals surface area contributed by atoms with Crippen LogP contribution in [0.1, 0.15) is 16.1 Å². The quantitative estimate of drug-likeness (QED) is 0.777. The minimum Gasteiger partial charge on any atom is -0.479 e. The number of fused-ring (bicyclic) bond motifs is 1. The molecular weight excluding hydrogens is 272 g/mol. The number of amides is 1. The van der Waals surface area contributed by atoms with Crippen LogP contribution in [0.4, 0.5) is 5.69 Å². The van der Waals surface area contributed by atoms with Crippen LogP contribution >= 0.6 is 0 Å². The number of nitrogens with zero attached hydrogens (tertiary/aromatic N) is 5. The maximum absolute atomic E-state index is 12.2. The van der Waals surface area contributed by atoms with Crippen LogP contribution in [0.25, 0.3) is 5.65 Å². The number of methoxy groups -OCH3 is 1. The van der Waals surface area contributed by atoms with Crippen molar-refractivity contribution in [2.45, 2.75) is 6.92 Å². The fourth-order valence-corrected chi connectivity index (χ4v) is 2.03. The number of carbonyl (C=O) groups is 1. The van der Waals surface area contributed by atoms with Crippen molar-refractivity contribution in [2.24, 2.45) is 7.05 Å². The number of aryl methyl sites for hydroxylation is 2. The van der Waals surface area contributed by atoms with Crippen molar-refractivity contribution < 1.29 is 9.53 Å². The molecule has 1 amide bonds. The van der Waals surface area contributed by atoms with E-state index in [1.54, 1.807) is 30.2 Å². The van der Waals surface area contributed by atoms with Gasteiger partial charge in [-0.1, -0.05) is 0 Å². The molecule has 3 rings (SSSR count). The highest BCUT2D eigenvalue weighted by Crippen LogP contribution is 2.17. The third-order valence-corrected chi connectivity index (χ3v) is 2.93. The van der Waals surface area contributed by atoms with Crippen LogP contribution in [0.15, 0.2) is 24.7 Å². The van der Waals surface area contributed by atoms with Gasteiger partial charge in [0.15, 0.2) is 5.65 Å². The van der Waals surface area contributed by atoms with Crippen molar-refractivity contribution in [1.29, 1.82) is 0 Å². The van der Waals surface area contributed by atoms with Crippen LogP contribution in [0.3, 0.4) is 0 Å². The Kier molecular flexibility index (Phi) is 3.05. The maximum Gasteiger partial charge on any atom is 0.262 e. The Morgan fingerprint density at radius 3 is 2.90 bits per heavy atom. The Labute approximate surface area is 120 Å². The summed E-state index contributed by atoms with van der Waals surface area (Å²) in [7, 11) is 3.19. The van der Waals surface area contributed by atoms with E-state index in [9.17, 15) is 4.79 Å². The van der Waals surface area contributed by atoms with Crippen LogP contribution < -0.4 is 10.1 Å². The molecular formula is C13H14N6O2. The molecule has 3 aromatic heterocycles. The first-order valence-electron chi connectivity index (χ1n) is 6.28. The van der Waals surface area contributed by atoms with Crippen molar-refractivity contribution >= 4 is 17.2 Å². The van der Waals surface area contributed by atoms with Crippen molar-refractivity contribution in [3.63, 3.8) is 0 Å². The third-order valence-electron chi connectivity index (χ3n) is 2.93. The average Bonchev–Trinajstić information content (AvgIpc) is 2.99. The number of hydrogen-bond donors (Lipinski definition) is 1. The predicted molar refractivity (Wildman–Crippen MR) is 75.4 cm³/mol. The fourth-order valence-electron chi connectivity index (χ4n) is 2.03. The highest BCUT2D eigenvalue weighted by Gasteiger charge is 2.16. The van der Waals surface area contributed by atoms with Gasteiger partial charge in [-0.2, -0.15) is 5.10 Å². The minimum atomic E-state index is -0.315. The molecule has 8 nitrogen and oxygen atoms in total. The second-order valence-electron chi connectivity index (χ2n) is 4.61. The zero-order chi connectivity index (χ0) is 15.0. The van der Waals surface area contributed by atoms with Gasteiger partial charge in [-0.3, -0.25) is 9.48 Å². The molecule has 0 aliphatic heterocycles. The largest absolute Gasteiger partial charge is 0.479 e. The summed E-state index contributed by atoms with van der Waals surface area (Å²) >= 11 is 0. The van der Waals surface area contributed by atoms with Crippen molar-refractivity contribution in [1.82, 2.24) is 24.4 Å². The SMILES string of the molecule is COc1nn(C)cc1C(=O)Nc1cnc2cc(C)nn2c1. The van der Waals surface area contributed by atoms with Crippen LogP contribution in [-0.4, -0.2) is 37.4 Å². The molecule has 0 radical (unpaired) electrons. The van der Waals surface area contributed by atoms with Crippen molar-refractivity contribution in [3.05, 3.63) is 35.9 Å². The zero-order valence-electron chi connectivity index (χ0n) is 11.9. The van der Waals surface area contributed by atoms with Crippen LogP contribution in [0.2, 0.25) is 0 Å². The molecule has 0 fully saturated rings. The fraction of sp³-hybridized carbons (Fsp3) is 0.231. The van der Waals surface area contributed by atoms with E-state index in [0.29, 0.717) is 11.3 Å². The summed E-state index contributed by atoms with van der Waals surface area (Å²) in [5, 5.41) is 11.1.